The Labute approximate surface area is 106 Å². The van der Waals surface area contributed by atoms with Gasteiger partial charge in [-0.3, -0.25) is 0 Å². The van der Waals surface area contributed by atoms with Crippen LogP contribution in [0, 0.1) is 17.3 Å². The quantitative estimate of drug-likeness (QED) is 0.655. The van der Waals surface area contributed by atoms with Crippen molar-refractivity contribution in [2.24, 2.45) is 17.3 Å². The maximum Gasteiger partial charge on any atom is 0.0604 e. The molecule has 1 nitrogen and oxygen atoms in total. The number of rotatable bonds is 1. The zero-order valence-corrected chi connectivity index (χ0v) is 11.6. The highest BCUT2D eigenvalue weighted by Gasteiger charge is 2.46. The smallest absolute Gasteiger partial charge is 0.0604 e. The van der Waals surface area contributed by atoms with Crippen LogP contribution in [0.2, 0.25) is 0 Å². The Hall–Kier alpha value is -0.560. The van der Waals surface area contributed by atoms with Crippen LogP contribution in [0.5, 0.6) is 0 Å². The molecule has 0 N–H and O–H groups in total. The van der Waals surface area contributed by atoms with Crippen molar-refractivity contribution in [3.8, 4) is 0 Å². The molecule has 0 heterocycles. The van der Waals surface area contributed by atoms with E-state index < -0.39 is 0 Å². The van der Waals surface area contributed by atoms with Crippen molar-refractivity contribution >= 4 is 0 Å². The Bertz CT molecular complexity index is 326. The SMILES string of the molecule is C=C1CC[C@H]2[C@@H](OC)CC[C@@H](CC1=C)C2(C)C. The van der Waals surface area contributed by atoms with Gasteiger partial charge in [0, 0.05) is 7.11 Å². The highest BCUT2D eigenvalue weighted by Crippen LogP contribution is 2.52. The summed E-state index contributed by atoms with van der Waals surface area (Å²) in [5.74, 6) is 1.43. The Morgan fingerprint density at radius 1 is 1.12 bits per heavy atom. The molecule has 3 atom stereocenters. The van der Waals surface area contributed by atoms with Gasteiger partial charge in [-0.2, -0.15) is 0 Å². The van der Waals surface area contributed by atoms with Crippen LogP contribution in [-0.2, 0) is 4.74 Å². The third-order valence-electron chi connectivity index (χ3n) is 5.31. The van der Waals surface area contributed by atoms with Crippen LogP contribution in [0.15, 0.2) is 24.3 Å². The Balaban J connectivity index is 2.27. The minimum Gasteiger partial charge on any atom is -0.381 e. The summed E-state index contributed by atoms with van der Waals surface area (Å²) in [7, 11) is 1.87. The Morgan fingerprint density at radius 2 is 1.82 bits per heavy atom. The topological polar surface area (TPSA) is 9.23 Å². The highest BCUT2D eigenvalue weighted by molar-refractivity contribution is 5.27. The summed E-state index contributed by atoms with van der Waals surface area (Å²) in [6.45, 7) is 13.3. The van der Waals surface area contributed by atoms with Gasteiger partial charge in [-0.25, -0.2) is 0 Å². The van der Waals surface area contributed by atoms with Gasteiger partial charge in [-0.1, -0.05) is 38.2 Å². The normalized spacial score (nSPS) is 37.5. The monoisotopic (exact) mass is 234 g/mol. The van der Waals surface area contributed by atoms with Crippen molar-refractivity contribution < 1.29 is 4.74 Å². The molecule has 2 bridgehead atoms. The van der Waals surface area contributed by atoms with E-state index in [2.05, 4.69) is 27.0 Å². The second kappa shape index (κ2) is 4.61. The molecule has 17 heavy (non-hydrogen) atoms. The second-order valence-electron chi connectivity index (χ2n) is 6.43. The van der Waals surface area contributed by atoms with Gasteiger partial charge in [-0.05, 0) is 49.4 Å². The zero-order valence-electron chi connectivity index (χ0n) is 11.6. The average molecular weight is 234 g/mol. The fourth-order valence-electron chi connectivity index (χ4n) is 3.87. The lowest BCUT2D eigenvalue weighted by Gasteiger charge is -2.50. The van der Waals surface area contributed by atoms with Gasteiger partial charge < -0.3 is 4.74 Å². The predicted molar refractivity (Wildman–Crippen MR) is 72.9 cm³/mol. The molecule has 1 heteroatoms. The number of ether oxygens (including phenoxy) is 1. The maximum atomic E-state index is 5.72. The third kappa shape index (κ3) is 2.22. The molecule has 0 aromatic rings. The third-order valence-corrected chi connectivity index (χ3v) is 5.31. The number of allylic oxidation sites excluding steroid dienone is 2. The zero-order chi connectivity index (χ0) is 12.6. The van der Waals surface area contributed by atoms with E-state index in [1.807, 2.05) is 7.11 Å². The molecule has 0 unspecified atom stereocenters. The number of methoxy groups -OCH3 is 1. The molecule has 96 valence electrons. The van der Waals surface area contributed by atoms with Crippen LogP contribution in [0.4, 0.5) is 0 Å². The van der Waals surface area contributed by atoms with E-state index in [0.717, 1.165) is 18.8 Å². The summed E-state index contributed by atoms with van der Waals surface area (Å²) >= 11 is 0. The summed E-state index contributed by atoms with van der Waals surface area (Å²) in [4.78, 5) is 0. The molecule has 2 aliphatic carbocycles. The molecule has 0 radical (unpaired) electrons. The van der Waals surface area contributed by atoms with Crippen LogP contribution in [0.1, 0.15) is 46.0 Å². The standard InChI is InChI=1S/C16H26O/c1-11-6-8-14-15(17-5)9-7-13(10-12(11)2)16(14,3)4/h13-15H,1-2,6-10H2,3-5H3/t13-,14-,15-/m0/s1. The Morgan fingerprint density at radius 3 is 2.47 bits per heavy atom. The minimum absolute atomic E-state index is 0.378. The van der Waals surface area contributed by atoms with Gasteiger partial charge in [0.15, 0.2) is 0 Å². The first-order valence-corrected chi connectivity index (χ1v) is 6.85. The van der Waals surface area contributed by atoms with Crippen LogP contribution in [-0.4, -0.2) is 13.2 Å². The number of hydrogen-bond acceptors (Lipinski definition) is 1. The van der Waals surface area contributed by atoms with Gasteiger partial charge in [0.05, 0.1) is 6.10 Å². The largest absolute Gasteiger partial charge is 0.381 e. The molecule has 2 fully saturated rings. The maximum absolute atomic E-state index is 5.72. The summed E-state index contributed by atoms with van der Waals surface area (Å²) in [6.07, 6.45) is 6.38. The predicted octanol–water partition coefficient (Wildman–Crippen LogP) is 4.35. The lowest BCUT2D eigenvalue weighted by atomic mass is 9.57. The fraction of sp³-hybridized carbons (Fsp3) is 0.750. The molecule has 0 aromatic heterocycles. The molecule has 2 rings (SSSR count). The first kappa shape index (κ1) is 12.9. The molecule has 2 saturated carbocycles. The first-order chi connectivity index (χ1) is 7.96. The van der Waals surface area contributed by atoms with E-state index in [1.165, 1.54) is 30.4 Å². The molecule has 0 amide bonds. The van der Waals surface area contributed by atoms with Gasteiger partial charge in [-0.15, -0.1) is 0 Å². The summed E-state index contributed by atoms with van der Waals surface area (Å²) in [5, 5.41) is 0. The van der Waals surface area contributed by atoms with Crippen LogP contribution in [0.25, 0.3) is 0 Å². The van der Waals surface area contributed by atoms with E-state index in [9.17, 15) is 0 Å². The Kier molecular flexibility index (Phi) is 3.49. The van der Waals surface area contributed by atoms with Crippen LogP contribution >= 0.6 is 0 Å². The van der Waals surface area contributed by atoms with E-state index in [0.29, 0.717) is 17.4 Å². The summed E-state index contributed by atoms with van der Waals surface area (Å²) < 4.78 is 5.72. The number of fused-ring (bicyclic) bond motifs is 2. The minimum atomic E-state index is 0.378. The van der Waals surface area contributed by atoms with Crippen molar-refractivity contribution in [3.63, 3.8) is 0 Å². The van der Waals surface area contributed by atoms with E-state index in [-0.39, 0.29) is 0 Å². The van der Waals surface area contributed by atoms with Gasteiger partial charge in [0.25, 0.3) is 0 Å². The summed E-state index contributed by atoms with van der Waals surface area (Å²) in [6, 6.07) is 0. The van der Waals surface area contributed by atoms with Crippen molar-refractivity contribution in [1.82, 2.24) is 0 Å². The average Bonchev–Trinajstić information content (AvgIpc) is 2.28. The van der Waals surface area contributed by atoms with Gasteiger partial charge in [0.1, 0.15) is 0 Å². The molecule has 0 saturated heterocycles. The first-order valence-electron chi connectivity index (χ1n) is 6.85. The van der Waals surface area contributed by atoms with Crippen molar-refractivity contribution in [2.75, 3.05) is 7.11 Å². The highest BCUT2D eigenvalue weighted by atomic mass is 16.5. The molecule has 0 aromatic carbocycles. The molecular weight excluding hydrogens is 208 g/mol. The van der Waals surface area contributed by atoms with Gasteiger partial charge in [0.2, 0.25) is 0 Å². The molecule has 2 aliphatic rings. The molecule has 0 spiro atoms. The van der Waals surface area contributed by atoms with Crippen LogP contribution < -0.4 is 0 Å². The fourth-order valence-corrected chi connectivity index (χ4v) is 3.87. The van der Waals surface area contributed by atoms with E-state index in [1.54, 1.807) is 0 Å². The second-order valence-corrected chi connectivity index (χ2v) is 6.43. The van der Waals surface area contributed by atoms with E-state index in [4.69, 9.17) is 4.74 Å². The van der Waals surface area contributed by atoms with Crippen molar-refractivity contribution in [2.45, 2.75) is 52.1 Å². The van der Waals surface area contributed by atoms with Crippen LogP contribution in [0.3, 0.4) is 0 Å². The lowest BCUT2D eigenvalue weighted by Crippen LogP contribution is -2.46. The number of hydrogen-bond donors (Lipinski definition) is 0. The molecule has 0 aliphatic heterocycles. The van der Waals surface area contributed by atoms with Crippen molar-refractivity contribution in [3.05, 3.63) is 24.3 Å². The van der Waals surface area contributed by atoms with Gasteiger partial charge >= 0.3 is 0 Å². The van der Waals surface area contributed by atoms with E-state index >= 15 is 0 Å². The molecular formula is C16H26O. The van der Waals surface area contributed by atoms with Crippen molar-refractivity contribution in [1.29, 1.82) is 0 Å². The lowest BCUT2D eigenvalue weighted by molar-refractivity contribution is -0.0726. The summed E-state index contributed by atoms with van der Waals surface area (Å²) in [5.41, 5.74) is 2.94.